The zero-order valence-electron chi connectivity index (χ0n) is 13.3. The van der Waals surface area contributed by atoms with Crippen LogP contribution in [0, 0.1) is 19.8 Å². The van der Waals surface area contributed by atoms with Crippen LogP contribution in [-0.4, -0.2) is 55.0 Å². The molecule has 1 aromatic rings. The van der Waals surface area contributed by atoms with Crippen molar-refractivity contribution in [1.82, 2.24) is 15.2 Å². The molecule has 0 bridgehead atoms. The van der Waals surface area contributed by atoms with Gasteiger partial charge in [-0.1, -0.05) is 0 Å². The third-order valence-corrected chi connectivity index (χ3v) is 3.85. The number of likely N-dealkylation sites (tertiary alicyclic amines) is 1. The van der Waals surface area contributed by atoms with Crippen LogP contribution in [0.5, 0.6) is 0 Å². The molecule has 1 N–H and O–H groups in total. The van der Waals surface area contributed by atoms with Gasteiger partial charge in [-0.15, -0.1) is 0 Å². The van der Waals surface area contributed by atoms with Crippen molar-refractivity contribution < 1.29 is 18.7 Å². The molecule has 1 saturated heterocycles. The molecule has 7 heteroatoms. The molecule has 0 aliphatic carbocycles. The normalized spacial score (nSPS) is 19.0. The Bertz CT molecular complexity index is 541. The van der Waals surface area contributed by atoms with Gasteiger partial charge in [0.15, 0.2) is 11.6 Å². The molecule has 0 aromatic carbocycles. The Morgan fingerprint density at radius 1 is 1.45 bits per heavy atom. The van der Waals surface area contributed by atoms with Crippen molar-refractivity contribution in [2.24, 2.45) is 5.92 Å². The fourth-order valence-electron chi connectivity index (χ4n) is 2.77. The summed E-state index contributed by atoms with van der Waals surface area (Å²) in [6.07, 6.45) is 2.05. The number of methoxy groups -OCH3 is 1. The van der Waals surface area contributed by atoms with Gasteiger partial charge >= 0.3 is 5.97 Å². The Kier molecular flexibility index (Phi) is 5.54. The number of oxazole rings is 1. The van der Waals surface area contributed by atoms with Crippen LogP contribution in [0.3, 0.4) is 0 Å². The number of piperidine rings is 1. The van der Waals surface area contributed by atoms with Gasteiger partial charge in [-0.05, 0) is 32.2 Å². The Hall–Kier alpha value is -1.89. The largest absolute Gasteiger partial charge is 0.468 e. The minimum absolute atomic E-state index is 0.209. The summed E-state index contributed by atoms with van der Waals surface area (Å²) >= 11 is 0. The smallest absolute Gasteiger partial charge is 0.319 e. The third kappa shape index (κ3) is 4.30. The maximum absolute atomic E-state index is 12.1. The molecule has 0 saturated carbocycles. The molecule has 0 radical (unpaired) electrons. The molecular formula is C15H23N3O4. The van der Waals surface area contributed by atoms with Crippen LogP contribution < -0.4 is 5.32 Å². The van der Waals surface area contributed by atoms with Crippen molar-refractivity contribution in [3.63, 3.8) is 0 Å². The van der Waals surface area contributed by atoms with E-state index in [0.29, 0.717) is 36.4 Å². The molecule has 1 aromatic heterocycles. The number of aromatic nitrogens is 1. The average Bonchev–Trinajstić information content (AvgIpc) is 2.84. The fourth-order valence-corrected chi connectivity index (χ4v) is 2.77. The summed E-state index contributed by atoms with van der Waals surface area (Å²) in [5, 5.41) is 2.91. The number of nitrogens with one attached hydrogen (secondary N) is 1. The lowest BCUT2D eigenvalue weighted by Crippen LogP contribution is -2.43. The van der Waals surface area contributed by atoms with Gasteiger partial charge in [-0.2, -0.15) is 0 Å². The number of carbonyl (C=O) groups excluding carboxylic acids is 2. The third-order valence-electron chi connectivity index (χ3n) is 3.85. The lowest BCUT2D eigenvalue weighted by atomic mass is 9.98. The van der Waals surface area contributed by atoms with Gasteiger partial charge in [-0.3, -0.25) is 14.5 Å². The topological polar surface area (TPSA) is 84.7 Å². The number of rotatable bonds is 5. The number of nitrogens with zero attached hydrogens (tertiary/aromatic N) is 2. The van der Waals surface area contributed by atoms with Crippen LogP contribution in [0.2, 0.25) is 0 Å². The second-order valence-electron chi connectivity index (χ2n) is 5.67. The standard InChI is InChI=1S/C15H23N3O4/c1-10-14(17-11(2)22-10)15(20)16-7-12-5-4-6-18(8-12)9-13(19)21-3/h12H,4-9H2,1-3H3,(H,16,20)/t12-/m1/s1. The van der Waals surface area contributed by atoms with Crippen LogP contribution >= 0.6 is 0 Å². The van der Waals surface area contributed by atoms with Crippen molar-refractivity contribution in [2.45, 2.75) is 26.7 Å². The zero-order valence-corrected chi connectivity index (χ0v) is 13.3. The van der Waals surface area contributed by atoms with Crippen molar-refractivity contribution in [3.05, 3.63) is 17.3 Å². The summed E-state index contributed by atoms with van der Waals surface area (Å²) in [5.74, 6) is 0.920. The quantitative estimate of drug-likeness (QED) is 0.814. The number of hydrogen-bond acceptors (Lipinski definition) is 6. The van der Waals surface area contributed by atoms with Gasteiger partial charge in [0.2, 0.25) is 0 Å². The van der Waals surface area contributed by atoms with E-state index < -0.39 is 0 Å². The van der Waals surface area contributed by atoms with Gasteiger partial charge in [-0.25, -0.2) is 4.98 Å². The summed E-state index contributed by atoms with van der Waals surface area (Å²) in [4.78, 5) is 29.6. The predicted octanol–water partition coefficient (Wildman–Crippen LogP) is 0.906. The first kappa shape index (κ1) is 16.5. The van der Waals surface area contributed by atoms with E-state index in [1.165, 1.54) is 7.11 Å². The molecule has 1 atom stereocenters. The van der Waals surface area contributed by atoms with Crippen LogP contribution in [-0.2, 0) is 9.53 Å². The molecule has 2 heterocycles. The van der Waals surface area contributed by atoms with E-state index in [1.807, 2.05) is 0 Å². The van der Waals surface area contributed by atoms with Crippen LogP contribution in [0.1, 0.15) is 35.0 Å². The Morgan fingerprint density at radius 3 is 2.86 bits per heavy atom. The predicted molar refractivity (Wildman–Crippen MR) is 79.5 cm³/mol. The van der Waals surface area contributed by atoms with E-state index in [-0.39, 0.29) is 11.9 Å². The maximum atomic E-state index is 12.1. The number of esters is 1. The van der Waals surface area contributed by atoms with E-state index >= 15 is 0 Å². The van der Waals surface area contributed by atoms with Crippen molar-refractivity contribution >= 4 is 11.9 Å². The van der Waals surface area contributed by atoms with Crippen molar-refractivity contribution in [1.29, 1.82) is 0 Å². The fraction of sp³-hybridized carbons (Fsp3) is 0.667. The van der Waals surface area contributed by atoms with Crippen LogP contribution in [0.15, 0.2) is 4.42 Å². The molecule has 1 fully saturated rings. The molecule has 2 rings (SSSR count). The van der Waals surface area contributed by atoms with Gasteiger partial charge in [0.1, 0.15) is 5.76 Å². The minimum Gasteiger partial charge on any atom is -0.468 e. The van der Waals surface area contributed by atoms with Crippen molar-refractivity contribution in [3.8, 4) is 0 Å². The lowest BCUT2D eigenvalue weighted by molar-refractivity contribution is -0.142. The Balaban J connectivity index is 1.82. The SMILES string of the molecule is COC(=O)CN1CCC[C@H](CNC(=O)c2nc(C)oc2C)C1. The lowest BCUT2D eigenvalue weighted by Gasteiger charge is -2.31. The van der Waals surface area contributed by atoms with E-state index in [0.717, 1.165) is 25.9 Å². The molecule has 7 nitrogen and oxygen atoms in total. The molecule has 122 valence electrons. The minimum atomic E-state index is -0.224. The highest BCUT2D eigenvalue weighted by Crippen LogP contribution is 2.16. The summed E-state index contributed by atoms with van der Waals surface area (Å²) < 4.78 is 9.96. The summed E-state index contributed by atoms with van der Waals surface area (Å²) in [6, 6.07) is 0. The average molecular weight is 309 g/mol. The first-order valence-electron chi connectivity index (χ1n) is 7.51. The molecule has 0 spiro atoms. The monoisotopic (exact) mass is 309 g/mol. The number of ether oxygens (including phenoxy) is 1. The molecule has 0 unspecified atom stereocenters. The van der Waals surface area contributed by atoms with E-state index in [2.05, 4.69) is 15.2 Å². The second kappa shape index (κ2) is 7.40. The highest BCUT2D eigenvalue weighted by molar-refractivity contribution is 5.93. The molecule has 22 heavy (non-hydrogen) atoms. The number of amides is 1. The van der Waals surface area contributed by atoms with Gasteiger partial charge in [0, 0.05) is 20.0 Å². The highest BCUT2D eigenvalue weighted by Gasteiger charge is 2.23. The zero-order chi connectivity index (χ0) is 16.1. The summed E-state index contributed by atoms with van der Waals surface area (Å²) in [6.45, 7) is 6.00. The Labute approximate surface area is 130 Å². The molecule has 1 aliphatic rings. The molecule has 1 amide bonds. The number of carbonyl (C=O) groups is 2. The summed E-state index contributed by atoms with van der Waals surface area (Å²) in [5.41, 5.74) is 0.347. The summed E-state index contributed by atoms with van der Waals surface area (Å²) in [7, 11) is 1.40. The van der Waals surface area contributed by atoms with Crippen LogP contribution in [0.25, 0.3) is 0 Å². The van der Waals surface area contributed by atoms with Gasteiger partial charge < -0.3 is 14.5 Å². The molecule has 1 aliphatic heterocycles. The van der Waals surface area contributed by atoms with E-state index in [9.17, 15) is 9.59 Å². The van der Waals surface area contributed by atoms with Crippen LogP contribution in [0.4, 0.5) is 0 Å². The highest BCUT2D eigenvalue weighted by atomic mass is 16.5. The first-order chi connectivity index (χ1) is 10.5. The maximum Gasteiger partial charge on any atom is 0.319 e. The Morgan fingerprint density at radius 2 is 2.23 bits per heavy atom. The second-order valence-corrected chi connectivity index (χ2v) is 5.67. The molecular weight excluding hydrogens is 286 g/mol. The first-order valence-corrected chi connectivity index (χ1v) is 7.51. The van der Waals surface area contributed by atoms with Gasteiger partial charge in [0.25, 0.3) is 5.91 Å². The van der Waals surface area contributed by atoms with E-state index in [4.69, 9.17) is 9.15 Å². The number of aryl methyl sites for hydroxylation is 2. The van der Waals surface area contributed by atoms with Crippen molar-refractivity contribution in [2.75, 3.05) is 33.3 Å². The van der Waals surface area contributed by atoms with E-state index in [1.54, 1.807) is 13.8 Å². The van der Waals surface area contributed by atoms with Gasteiger partial charge in [0.05, 0.1) is 13.7 Å². The number of hydrogen-bond donors (Lipinski definition) is 1.